The van der Waals surface area contributed by atoms with E-state index in [-0.39, 0.29) is 17.8 Å². The lowest BCUT2D eigenvalue weighted by Crippen LogP contribution is -2.18. The molecule has 2 aromatic carbocycles. The van der Waals surface area contributed by atoms with E-state index in [0.29, 0.717) is 23.4 Å². The molecular formula is C28H29N5O3S. The monoisotopic (exact) mass is 515 g/mol. The Morgan fingerprint density at radius 2 is 1.97 bits per heavy atom. The van der Waals surface area contributed by atoms with Gasteiger partial charge in [-0.15, -0.1) is 0 Å². The molecule has 0 radical (unpaired) electrons. The lowest BCUT2D eigenvalue weighted by Gasteiger charge is -2.30. The third kappa shape index (κ3) is 4.89. The SMILES string of the molecule is CCCS(=O)(=O)Nc1ccc(-c2c(C#N)c3ccc(Oc4nccc(C)n4)cc3n2C2CCC2)c(C)c1. The van der Waals surface area contributed by atoms with Crippen LogP contribution in [0.15, 0.2) is 48.7 Å². The minimum atomic E-state index is -3.39. The molecule has 0 saturated heterocycles. The van der Waals surface area contributed by atoms with Gasteiger partial charge in [0.2, 0.25) is 10.0 Å². The highest BCUT2D eigenvalue weighted by Gasteiger charge is 2.29. The fraction of sp³-hybridized carbons (Fsp3) is 0.321. The molecule has 1 aliphatic carbocycles. The van der Waals surface area contributed by atoms with Gasteiger partial charge in [-0.25, -0.2) is 18.4 Å². The van der Waals surface area contributed by atoms with Gasteiger partial charge in [0.25, 0.3) is 0 Å². The summed E-state index contributed by atoms with van der Waals surface area (Å²) in [6, 6.07) is 16.0. The number of nitrogens with one attached hydrogen (secondary N) is 1. The average Bonchev–Trinajstić information content (AvgIpc) is 3.11. The molecule has 1 fully saturated rings. The summed E-state index contributed by atoms with van der Waals surface area (Å²) in [6.07, 6.45) is 5.40. The van der Waals surface area contributed by atoms with Crippen molar-refractivity contribution in [2.45, 2.75) is 52.5 Å². The van der Waals surface area contributed by atoms with Gasteiger partial charge in [-0.3, -0.25) is 4.72 Å². The van der Waals surface area contributed by atoms with Gasteiger partial charge in [-0.05, 0) is 75.4 Å². The second kappa shape index (κ2) is 9.87. The Morgan fingerprint density at radius 3 is 2.62 bits per heavy atom. The Balaban J connectivity index is 1.62. The smallest absolute Gasteiger partial charge is 0.322 e. The van der Waals surface area contributed by atoms with Crippen molar-refractivity contribution in [2.75, 3.05) is 10.5 Å². The third-order valence-electron chi connectivity index (χ3n) is 6.74. The number of rotatable bonds is 8. The summed E-state index contributed by atoms with van der Waals surface area (Å²) in [5.41, 5.74) is 5.51. The molecule has 0 atom stereocenters. The zero-order chi connectivity index (χ0) is 26.2. The fourth-order valence-corrected chi connectivity index (χ4v) is 5.95. The standard InChI is InChI=1S/C28H29N5O3S/c1-4-14-37(34,35)32-20-8-10-23(18(2)15-20)27-25(17-29)24-11-9-22(36-28-30-13-12-19(3)31-28)16-26(24)33(27)21-6-5-7-21/h8-13,15-16,21,32H,4-7,14H2,1-3H3. The van der Waals surface area contributed by atoms with Crippen LogP contribution in [0.2, 0.25) is 0 Å². The van der Waals surface area contributed by atoms with Gasteiger partial charge in [0, 0.05) is 40.6 Å². The molecule has 5 rings (SSSR count). The number of nitrogens with zero attached hydrogens (tertiary/aromatic N) is 4. The molecule has 190 valence electrons. The predicted molar refractivity (Wildman–Crippen MR) is 144 cm³/mol. The molecule has 1 saturated carbocycles. The Labute approximate surface area is 217 Å². The van der Waals surface area contributed by atoms with Crippen molar-refractivity contribution in [1.82, 2.24) is 14.5 Å². The van der Waals surface area contributed by atoms with Gasteiger partial charge < -0.3 is 9.30 Å². The van der Waals surface area contributed by atoms with Crippen LogP contribution in [0.25, 0.3) is 22.2 Å². The first-order chi connectivity index (χ1) is 17.8. The Morgan fingerprint density at radius 1 is 1.16 bits per heavy atom. The van der Waals surface area contributed by atoms with Crippen molar-refractivity contribution in [2.24, 2.45) is 0 Å². The lowest BCUT2D eigenvalue weighted by molar-refractivity contribution is 0.324. The van der Waals surface area contributed by atoms with Crippen molar-refractivity contribution >= 4 is 26.6 Å². The summed E-state index contributed by atoms with van der Waals surface area (Å²) >= 11 is 0. The summed E-state index contributed by atoms with van der Waals surface area (Å²) in [4.78, 5) is 8.54. The first-order valence-electron chi connectivity index (χ1n) is 12.5. The fourth-order valence-electron chi connectivity index (χ4n) is 4.83. The van der Waals surface area contributed by atoms with E-state index in [4.69, 9.17) is 4.74 Å². The molecule has 0 spiro atoms. The van der Waals surface area contributed by atoms with Crippen LogP contribution < -0.4 is 9.46 Å². The number of hydrogen-bond donors (Lipinski definition) is 1. The number of aromatic nitrogens is 3. The largest absolute Gasteiger partial charge is 0.424 e. The van der Waals surface area contributed by atoms with Gasteiger partial charge in [0.15, 0.2) is 0 Å². The average molecular weight is 516 g/mol. The van der Waals surface area contributed by atoms with E-state index in [1.165, 1.54) is 0 Å². The summed E-state index contributed by atoms with van der Waals surface area (Å²) in [5.74, 6) is 0.671. The van der Waals surface area contributed by atoms with Crippen LogP contribution in [0.5, 0.6) is 11.8 Å². The minimum absolute atomic E-state index is 0.0697. The maximum absolute atomic E-state index is 12.3. The number of anilines is 1. The molecule has 0 amide bonds. The van der Waals surface area contributed by atoms with E-state index < -0.39 is 10.0 Å². The van der Waals surface area contributed by atoms with Crippen molar-refractivity contribution in [1.29, 1.82) is 5.26 Å². The molecule has 8 nitrogen and oxygen atoms in total. The van der Waals surface area contributed by atoms with Gasteiger partial charge in [0.1, 0.15) is 11.8 Å². The molecule has 2 aromatic heterocycles. The zero-order valence-corrected chi connectivity index (χ0v) is 22.0. The quantitative estimate of drug-likeness (QED) is 0.297. The van der Waals surface area contributed by atoms with Crippen LogP contribution in [0.1, 0.15) is 55.5 Å². The summed E-state index contributed by atoms with van der Waals surface area (Å²) in [5, 5.41) is 11.1. The normalized spacial score (nSPS) is 13.8. The number of hydrogen-bond acceptors (Lipinski definition) is 6. The number of ether oxygens (including phenoxy) is 1. The maximum Gasteiger partial charge on any atom is 0.322 e. The van der Waals surface area contributed by atoms with Crippen LogP contribution >= 0.6 is 0 Å². The molecule has 4 aromatic rings. The molecular weight excluding hydrogens is 486 g/mol. The highest BCUT2D eigenvalue weighted by Crippen LogP contribution is 2.44. The van der Waals surface area contributed by atoms with Crippen molar-refractivity contribution in [3.8, 4) is 29.1 Å². The minimum Gasteiger partial charge on any atom is -0.424 e. The van der Waals surface area contributed by atoms with Crippen LogP contribution in [0.4, 0.5) is 5.69 Å². The number of nitriles is 1. The van der Waals surface area contributed by atoms with E-state index >= 15 is 0 Å². The topological polar surface area (TPSA) is 110 Å². The number of sulfonamides is 1. The van der Waals surface area contributed by atoms with Gasteiger partial charge in [0.05, 0.1) is 22.5 Å². The number of benzene rings is 2. The van der Waals surface area contributed by atoms with E-state index in [0.717, 1.165) is 52.7 Å². The predicted octanol–water partition coefficient (Wildman–Crippen LogP) is 6.26. The zero-order valence-electron chi connectivity index (χ0n) is 21.2. The Bertz CT molecular complexity index is 1630. The number of aryl methyl sites for hydroxylation is 2. The molecule has 9 heteroatoms. The molecule has 0 bridgehead atoms. The summed E-state index contributed by atoms with van der Waals surface area (Å²) < 4.78 is 35.4. The van der Waals surface area contributed by atoms with Crippen LogP contribution in [0.3, 0.4) is 0 Å². The van der Waals surface area contributed by atoms with E-state index in [1.54, 1.807) is 12.3 Å². The van der Waals surface area contributed by atoms with Crippen molar-refractivity contribution in [3.05, 3.63) is 65.5 Å². The lowest BCUT2D eigenvalue weighted by atomic mass is 9.91. The Hall–Kier alpha value is -3.90. The van der Waals surface area contributed by atoms with E-state index in [9.17, 15) is 13.7 Å². The second-order valence-corrected chi connectivity index (χ2v) is 11.3. The molecule has 0 aliphatic heterocycles. The molecule has 1 aliphatic rings. The van der Waals surface area contributed by atoms with Crippen LogP contribution in [-0.2, 0) is 10.0 Å². The Kier molecular flexibility index (Phi) is 6.61. The van der Waals surface area contributed by atoms with E-state index in [2.05, 4.69) is 25.3 Å². The van der Waals surface area contributed by atoms with Gasteiger partial charge in [-0.2, -0.15) is 5.26 Å². The maximum atomic E-state index is 12.3. The molecule has 0 unspecified atom stereocenters. The second-order valence-electron chi connectivity index (χ2n) is 9.50. The van der Waals surface area contributed by atoms with Crippen molar-refractivity contribution in [3.63, 3.8) is 0 Å². The highest BCUT2D eigenvalue weighted by atomic mass is 32.2. The first kappa shape index (κ1) is 24.8. The third-order valence-corrected chi connectivity index (χ3v) is 8.23. The highest BCUT2D eigenvalue weighted by molar-refractivity contribution is 7.92. The van der Waals surface area contributed by atoms with Crippen LogP contribution in [0, 0.1) is 25.2 Å². The molecule has 37 heavy (non-hydrogen) atoms. The van der Waals surface area contributed by atoms with Gasteiger partial charge in [-0.1, -0.05) is 13.0 Å². The van der Waals surface area contributed by atoms with Crippen LogP contribution in [-0.4, -0.2) is 28.7 Å². The number of fused-ring (bicyclic) bond motifs is 1. The van der Waals surface area contributed by atoms with Gasteiger partial charge >= 0.3 is 6.01 Å². The summed E-state index contributed by atoms with van der Waals surface area (Å²) in [7, 11) is -3.39. The first-order valence-corrected chi connectivity index (χ1v) is 14.1. The molecule has 2 heterocycles. The molecule has 1 N–H and O–H groups in total. The summed E-state index contributed by atoms with van der Waals surface area (Å²) in [6.45, 7) is 5.66. The van der Waals surface area contributed by atoms with Crippen molar-refractivity contribution < 1.29 is 13.2 Å². The van der Waals surface area contributed by atoms with E-state index in [1.807, 2.05) is 57.2 Å².